The van der Waals surface area contributed by atoms with Crippen LogP contribution in [0.1, 0.15) is 77.3 Å². The van der Waals surface area contributed by atoms with Crippen LogP contribution in [0.3, 0.4) is 0 Å². The number of benzene rings is 2. The van der Waals surface area contributed by atoms with Crippen LogP contribution in [0.4, 0.5) is 0 Å². The predicted molar refractivity (Wildman–Crippen MR) is 134 cm³/mol. The molecule has 0 saturated heterocycles. The van der Waals surface area contributed by atoms with Gasteiger partial charge in [-0.25, -0.2) is 4.79 Å². The Kier molecular flexibility index (Phi) is 11.2. The normalized spacial score (nSPS) is 11.1. The number of hydrogen-bond donors (Lipinski definition) is 2. The van der Waals surface area contributed by atoms with Crippen LogP contribution < -0.4 is 5.32 Å². The van der Waals surface area contributed by atoms with Crippen LogP contribution in [0.5, 0.6) is 0 Å². The smallest absolute Gasteiger partial charge is 0.328 e. The first-order chi connectivity index (χ1) is 16.4. The molecule has 6 nitrogen and oxygen atoms in total. The molecule has 0 spiro atoms. The molecule has 34 heavy (non-hydrogen) atoms. The third-order valence-corrected chi connectivity index (χ3v) is 5.23. The summed E-state index contributed by atoms with van der Waals surface area (Å²) in [5, 5.41) is 11.5. The molecule has 0 fully saturated rings. The SMILES string of the molecule is CCCCCCCCNC(=O)/C=C/c1ccc(C(=O)C(=O)c2ccc(/C=C/C(=O)O)cc2)cc1. The minimum atomic E-state index is -1.07. The molecular weight excluding hydrogens is 430 g/mol. The average Bonchev–Trinajstić information content (AvgIpc) is 2.85. The van der Waals surface area contributed by atoms with E-state index in [1.165, 1.54) is 50.0 Å². The van der Waals surface area contributed by atoms with Gasteiger partial charge in [0.15, 0.2) is 0 Å². The fourth-order valence-corrected chi connectivity index (χ4v) is 3.27. The van der Waals surface area contributed by atoms with Crippen LogP contribution in [0.15, 0.2) is 60.7 Å². The summed E-state index contributed by atoms with van der Waals surface area (Å²) >= 11 is 0. The molecule has 0 heterocycles. The zero-order valence-corrected chi connectivity index (χ0v) is 19.5. The van der Waals surface area contributed by atoms with Crippen LogP contribution in [0.2, 0.25) is 0 Å². The molecule has 2 N–H and O–H groups in total. The lowest BCUT2D eigenvalue weighted by Gasteiger charge is -2.03. The highest BCUT2D eigenvalue weighted by atomic mass is 16.4. The Hall–Kier alpha value is -3.80. The lowest BCUT2D eigenvalue weighted by molar-refractivity contribution is -0.131. The number of carboxylic acid groups (broad SMARTS) is 1. The van der Waals surface area contributed by atoms with Crippen LogP contribution in [0.25, 0.3) is 12.2 Å². The zero-order valence-electron chi connectivity index (χ0n) is 19.5. The summed E-state index contributed by atoms with van der Waals surface area (Å²) in [7, 11) is 0. The van der Waals surface area contributed by atoms with Gasteiger partial charge in [0.1, 0.15) is 0 Å². The molecule has 6 heteroatoms. The first kappa shape index (κ1) is 26.5. The van der Waals surface area contributed by atoms with Gasteiger partial charge < -0.3 is 10.4 Å². The summed E-state index contributed by atoms with van der Waals surface area (Å²) in [5.74, 6) is -2.51. The first-order valence-electron chi connectivity index (χ1n) is 11.6. The van der Waals surface area contributed by atoms with Gasteiger partial charge in [0.05, 0.1) is 0 Å². The summed E-state index contributed by atoms with van der Waals surface area (Å²) in [6.07, 6.45) is 12.5. The highest BCUT2D eigenvalue weighted by Crippen LogP contribution is 2.13. The van der Waals surface area contributed by atoms with Crippen molar-refractivity contribution in [3.63, 3.8) is 0 Å². The maximum absolute atomic E-state index is 12.5. The van der Waals surface area contributed by atoms with E-state index in [0.717, 1.165) is 24.5 Å². The van der Waals surface area contributed by atoms with Crippen LogP contribution in [-0.4, -0.2) is 35.1 Å². The Morgan fingerprint density at radius 1 is 0.706 bits per heavy atom. The number of aliphatic carboxylic acids is 1. The van der Waals surface area contributed by atoms with Crippen molar-refractivity contribution in [2.75, 3.05) is 6.54 Å². The van der Waals surface area contributed by atoms with Crippen molar-refractivity contribution in [1.82, 2.24) is 5.32 Å². The molecule has 2 aromatic carbocycles. The standard InChI is InChI=1S/C28H31NO5/c1-2-3-4-5-6-7-20-29-25(30)18-12-21-8-14-23(15-9-21)27(33)28(34)24-16-10-22(11-17-24)13-19-26(31)32/h8-19H,2-7,20H2,1H3,(H,29,30)(H,31,32)/b18-12+,19-13+. The molecule has 178 valence electrons. The van der Waals surface area contributed by atoms with Crippen molar-refractivity contribution in [3.8, 4) is 0 Å². The average molecular weight is 462 g/mol. The third kappa shape index (κ3) is 9.36. The van der Waals surface area contributed by atoms with Gasteiger partial charge in [0.25, 0.3) is 0 Å². The molecule has 2 aromatic rings. The van der Waals surface area contributed by atoms with Gasteiger partial charge in [0.2, 0.25) is 17.5 Å². The summed E-state index contributed by atoms with van der Waals surface area (Å²) in [4.78, 5) is 47.5. The molecule has 0 aromatic heterocycles. The molecule has 1 amide bonds. The van der Waals surface area contributed by atoms with Gasteiger partial charge in [-0.05, 0) is 29.7 Å². The molecular formula is C28H31NO5. The van der Waals surface area contributed by atoms with E-state index in [2.05, 4.69) is 12.2 Å². The fraction of sp³-hybridized carbons (Fsp3) is 0.286. The van der Waals surface area contributed by atoms with Crippen molar-refractivity contribution in [1.29, 1.82) is 0 Å². The number of Topliss-reactive ketones (excluding diaryl/α,β-unsaturated/α-hetero) is 2. The summed E-state index contributed by atoms with van der Waals surface area (Å²) in [6, 6.07) is 12.6. The number of carboxylic acids is 1. The second-order valence-electron chi connectivity index (χ2n) is 7.97. The van der Waals surface area contributed by atoms with Crippen molar-refractivity contribution >= 4 is 35.6 Å². The molecule has 0 bridgehead atoms. The van der Waals surface area contributed by atoms with Crippen molar-refractivity contribution in [3.05, 3.63) is 82.9 Å². The molecule has 0 unspecified atom stereocenters. The summed E-state index contributed by atoms with van der Waals surface area (Å²) in [5.41, 5.74) is 1.83. The Bertz CT molecular complexity index is 1030. The first-order valence-corrected chi connectivity index (χ1v) is 11.6. The number of amides is 1. The van der Waals surface area contributed by atoms with Gasteiger partial charge in [-0.3, -0.25) is 14.4 Å². The van der Waals surface area contributed by atoms with Crippen LogP contribution in [0, 0.1) is 0 Å². The largest absolute Gasteiger partial charge is 0.478 e. The lowest BCUT2D eigenvalue weighted by atomic mass is 9.99. The van der Waals surface area contributed by atoms with E-state index in [-0.39, 0.29) is 17.0 Å². The number of unbranched alkanes of at least 4 members (excludes halogenated alkanes) is 5. The second kappa shape index (κ2) is 14.4. The van der Waals surface area contributed by atoms with Crippen molar-refractivity contribution in [2.45, 2.75) is 45.4 Å². The van der Waals surface area contributed by atoms with E-state index in [4.69, 9.17) is 5.11 Å². The van der Waals surface area contributed by atoms with Crippen molar-refractivity contribution < 1.29 is 24.3 Å². The molecule has 0 radical (unpaired) electrons. The van der Waals surface area contributed by atoms with Gasteiger partial charge >= 0.3 is 5.97 Å². The van der Waals surface area contributed by atoms with Crippen LogP contribution in [-0.2, 0) is 9.59 Å². The summed E-state index contributed by atoms with van der Waals surface area (Å²) in [6.45, 7) is 2.84. The van der Waals surface area contributed by atoms with E-state index in [1.54, 1.807) is 42.5 Å². The van der Waals surface area contributed by atoms with E-state index in [9.17, 15) is 19.2 Å². The number of carbonyl (C=O) groups excluding carboxylic acids is 3. The highest BCUT2D eigenvalue weighted by molar-refractivity contribution is 6.49. The number of carbonyl (C=O) groups is 4. The molecule has 0 aliphatic heterocycles. The van der Waals surface area contributed by atoms with Gasteiger partial charge in [-0.2, -0.15) is 0 Å². The zero-order chi connectivity index (χ0) is 24.8. The fourth-order valence-electron chi connectivity index (χ4n) is 3.27. The number of hydrogen-bond acceptors (Lipinski definition) is 4. The number of rotatable bonds is 14. The van der Waals surface area contributed by atoms with Gasteiger partial charge in [0, 0.05) is 29.8 Å². The molecule has 2 rings (SSSR count). The number of nitrogens with one attached hydrogen (secondary N) is 1. The van der Waals surface area contributed by atoms with E-state index in [0.29, 0.717) is 12.1 Å². The second-order valence-corrected chi connectivity index (χ2v) is 7.97. The van der Waals surface area contributed by atoms with E-state index in [1.807, 2.05) is 0 Å². The summed E-state index contributed by atoms with van der Waals surface area (Å²) < 4.78 is 0. The molecule has 0 atom stereocenters. The molecule has 0 aliphatic rings. The highest BCUT2D eigenvalue weighted by Gasteiger charge is 2.18. The minimum absolute atomic E-state index is 0.162. The maximum atomic E-state index is 12.5. The minimum Gasteiger partial charge on any atom is -0.478 e. The molecule has 0 aliphatic carbocycles. The lowest BCUT2D eigenvalue weighted by Crippen LogP contribution is -2.21. The topological polar surface area (TPSA) is 101 Å². The van der Waals surface area contributed by atoms with Gasteiger partial charge in [-0.15, -0.1) is 0 Å². The van der Waals surface area contributed by atoms with E-state index < -0.39 is 17.5 Å². The quantitative estimate of drug-likeness (QED) is 0.171. The monoisotopic (exact) mass is 461 g/mol. The predicted octanol–water partition coefficient (Wildman–Crippen LogP) is 5.34. The Morgan fingerprint density at radius 2 is 1.18 bits per heavy atom. The molecule has 0 saturated carbocycles. The van der Waals surface area contributed by atoms with E-state index >= 15 is 0 Å². The van der Waals surface area contributed by atoms with Crippen molar-refractivity contribution in [2.24, 2.45) is 0 Å². The van der Waals surface area contributed by atoms with Crippen LogP contribution >= 0.6 is 0 Å². The maximum Gasteiger partial charge on any atom is 0.328 e. The Morgan fingerprint density at radius 3 is 1.68 bits per heavy atom. The third-order valence-electron chi connectivity index (χ3n) is 5.23. The Labute approximate surface area is 200 Å². The Balaban J connectivity index is 1.85. The number of ketones is 2. The van der Waals surface area contributed by atoms with Gasteiger partial charge in [-0.1, -0.05) is 87.6 Å².